The summed E-state index contributed by atoms with van der Waals surface area (Å²) in [5, 5.41) is 0. The molecule has 0 spiro atoms. The molecule has 2 aromatic carbocycles. The van der Waals surface area contributed by atoms with Crippen molar-refractivity contribution >= 4 is 10.0 Å². The highest BCUT2D eigenvalue weighted by Crippen LogP contribution is 2.20. The molecular weight excluding hydrogens is 317 g/mol. The number of benzene rings is 2. The molecule has 2 rings (SSSR count). The fraction of sp³-hybridized carbons (Fsp3) is 0.294. The summed E-state index contributed by atoms with van der Waals surface area (Å²) in [5.41, 5.74) is 2.52. The van der Waals surface area contributed by atoms with Crippen molar-refractivity contribution in [2.45, 2.75) is 25.7 Å². The van der Waals surface area contributed by atoms with E-state index in [1.165, 1.54) is 12.1 Å². The first-order valence-electron chi connectivity index (χ1n) is 7.26. The molecule has 2 aromatic rings. The Morgan fingerprint density at radius 2 is 1.83 bits per heavy atom. The zero-order valence-corrected chi connectivity index (χ0v) is 14.2. The number of halogens is 1. The van der Waals surface area contributed by atoms with Gasteiger partial charge in [-0.1, -0.05) is 12.1 Å². The highest BCUT2D eigenvalue weighted by atomic mass is 32.2. The summed E-state index contributed by atoms with van der Waals surface area (Å²) < 4.78 is 45.6. The van der Waals surface area contributed by atoms with E-state index < -0.39 is 15.8 Å². The normalized spacial score (nSPS) is 11.5. The standard InChI is InChI=1S/C17H20FNO3S/c1-12-5-4-6-16(14(12)3)22-10-9-19-23(20,21)17-8-7-15(18)11-13(17)2/h4-8,11,19H,9-10H2,1-3H3. The molecule has 0 aromatic heterocycles. The minimum absolute atomic E-state index is 0.0747. The zero-order valence-electron chi connectivity index (χ0n) is 13.4. The molecule has 6 heteroatoms. The topological polar surface area (TPSA) is 55.4 Å². The summed E-state index contributed by atoms with van der Waals surface area (Å²) in [7, 11) is -3.68. The van der Waals surface area contributed by atoms with Gasteiger partial charge in [0.25, 0.3) is 0 Å². The van der Waals surface area contributed by atoms with Crippen LogP contribution in [0.4, 0.5) is 4.39 Å². The van der Waals surface area contributed by atoms with Gasteiger partial charge in [-0.25, -0.2) is 17.5 Å². The first-order chi connectivity index (χ1) is 10.8. The Hall–Kier alpha value is -1.92. The van der Waals surface area contributed by atoms with Crippen LogP contribution in [-0.4, -0.2) is 21.6 Å². The van der Waals surface area contributed by atoms with Gasteiger partial charge in [-0.15, -0.1) is 0 Å². The smallest absolute Gasteiger partial charge is 0.240 e. The van der Waals surface area contributed by atoms with E-state index >= 15 is 0 Å². The highest BCUT2D eigenvalue weighted by Gasteiger charge is 2.16. The summed E-state index contributed by atoms with van der Waals surface area (Å²) >= 11 is 0. The monoisotopic (exact) mass is 337 g/mol. The molecule has 0 saturated heterocycles. The van der Waals surface area contributed by atoms with Crippen LogP contribution in [0.25, 0.3) is 0 Å². The van der Waals surface area contributed by atoms with E-state index in [1.807, 2.05) is 32.0 Å². The highest BCUT2D eigenvalue weighted by molar-refractivity contribution is 7.89. The van der Waals surface area contributed by atoms with Gasteiger partial charge in [0.05, 0.1) is 4.90 Å². The lowest BCUT2D eigenvalue weighted by Crippen LogP contribution is -2.29. The number of nitrogens with one attached hydrogen (secondary N) is 1. The second-order valence-corrected chi connectivity index (χ2v) is 7.09. The van der Waals surface area contributed by atoms with Gasteiger partial charge in [-0.2, -0.15) is 0 Å². The minimum atomic E-state index is -3.68. The third kappa shape index (κ3) is 4.30. The average molecular weight is 337 g/mol. The van der Waals surface area contributed by atoms with Crippen LogP contribution < -0.4 is 9.46 Å². The van der Waals surface area contributed by atoms with Gasteiger partial charge in [-0.3, -0.25) is 0 Å². The predicted molar refractivity (Wildman–Crippen MR) is 87.7 cm³/mol. The number of aryl methyl sites for hydroxylation is 2. The number of hydrogen-bond acceptors (Lipinski definition) is 3. The Morgan fingerprint density at radius 3 is 2.52 bits per heavy atom. The third-order valence-electron chi connectivity index (χ3n) is 3.63. The Morgan fingerprint density at radius 1 is 1.09 bits per heavy atom. The fourth-order valence-corrected chi connectivity index (χ4v) is 3.45. The summed E-state index contributed by atoms with van der Waals surface area (Å²) in [4.78, 5) is 0.0747. The number of sulfonamides is 1. The molecule has 0 unspecified atom stereocenters. The molecule has 124 valence electrons. The average Bonchev–Trinajstić information content (AvgIpc) is 2.47. The van der Waals surface area contributed by atoms with Crippen molar-refractivity contribution in [1.82, 2.24) is 4.72 Å². The largest absolute Gasteiger partial charge is 0.492 e. The molecule has 0 fully saturated rings. The van der Waals surface area contributed by atoms with E-state index in [2.05, 4.69) is 4.72 Å². The van der Waals surface area contributed by atoms with Crippen LogP contribution in [0.15, 0.2) is 41.3 Å². The van der Waals surface area contributed by atoms with Crippen LogP contribution in [0.3, 0.4) is 0 Å². The maximum absolute atomic E-state index is 13.1. The van der Waals surface area contributed by atoms with Crippen LogP contribution >= 0.6 is 0 Å². The van der Waals surface area contributed by atoms with Gasteiger partial charge in [0.15, 0.2) is 0 Å². The van der Waals surface area contributed by atoms with Crippen LogP contribution in [0.5, 0.6) is 5.75 Å². The zero-order chi connectivity index (χ0) is 17.0. The Bertz CT molecular complexity index is 803. The molecule has 0 atom stereocenters. The number of hydrogen-bond donors (Lipinski definition) is 1. The lowest BCUT2D eigenvalue weighted by atomic mass is 10.1. The lowest BCUT2D eigenvalue weighted by molar-refractivity contribution is 0.320. The molecule has 23 heavy (non-hydrogen) atoms. The summed E-state index contributed by atoms with van der Waals surface area (Å²) in [6.45, 7) is 5.85. The van der Waals surface area contributed by atoms with E-state index in [-0.39, 0.29) is 18.0 Å². The van der Waals surface area contributed by atoms with Gasteiger partial charge in [0.1, 0.15) is 18.2 Å². The molecule has 0 aliphatic heterocycles. The van der Waals surface area contributed by atoms with Crippen LogP contribution in [0.1, 0.15) is 16.7 Å². The van der Waals surface area contributed by atoms with Crippen molar-refractivity contribution in [2.24, 2.45) is 0 Å². The van der Waals surface area contributed by atoms with Crippen molar-refractivity contribution in [1.29, 1.82) is 0 Å². The van der Waals surface area contributed by atoms with Gasteiger partial charge in [-0.05, 0) is 61.7 Å². The van der Waals surface area contributed by atoms with Crippen molar-refractivity contribution < 1.29 is 17.5 Å². The second kappa shape index (κ2) is 7.10. The first kappa shape index (κ1) is 17.4. The summed E-state index contributed by atoms with van der Waals surface area (Å²) in [6.07, 6.45) is 0. The lowest BCUT2D eigenvalue weighted by Gasteiger charge is -2.12. The van der Waals surface area contributed by atoms with Gasteiger partial charge >= 0.3 is 0 Å². The van der Waals surface area contributed by atoms with Gasteiger partial charge in [0, 0.05) is 6.54 Å². The van der Waals surface area contributed by atoms with E-state index in [9.17, 15) is 12.8 Å². The number of rotatable bonds is 6. The third-order valence-corrected chi connectivity index (χ3v) is 5.25. The van der Waals surface area contributed by atoms with E-state index in [1.54, 1.807) is 6.92 Å². The van der Waals surface area contributed by atoms with Crippen LogP contribution in [0, 0.1) is 26.6 Å². The molecule has 0 aliphatic rings. The maximum atomic E-state index is 13.1. The second-order valence-electron chi connectivity index (χ2n) is 5.35. The predicted octanol–water partition coefficient (Wildman–Crippen LogP) is 3.11. The SMILES string of the molecule is Cc1cc(F)ccc1S(=O)(=O)NCCOc1cccc(C)c1C. The molecule has 0 radical (unpaired) electrons. The molecule has 0 amide bonds. The van der Waals surface area contributed by atoms with Crippen molar-refractivity contribution in [3.05, 3.63) is 58.9 Å². The molecule has 4 nitrogen and oxygen atoms in total. The quantitative estimate of drug-likeness (QED) is 0.824. The molecule has 0 bridgehead atoms. The van der Waals surface area contributed by atoms with Gasteiger partial charge < -0.3 is 4.74 Å². The van der Waals surface area contributed by atoms with E-state index in [0.717, 1.165) is 22.9 Å². The maximum Gasteiger partial charge on any atom is 0.240 e. The number of ether oxygens (including phenoxy) is 1. The van der Waals surface area contributed by atoms with E-state index in [0.29, 0.717) is 5.56 Å². The molecule has 0 aliphatic carbocycles. The van der Waals surface area contributed by atoms with E-state index in [4.69, 9.17) is 4.74 Å². The molecule has 1 N–H and O–H groups in total. The Labute approximate surface area is 136 Å². The van der Waals surface area contributed by atoms with Crippen molar-refractivity contribution in [3.8, 4) is 5.75 Å². The Balaban J connectivity index is 1.96. The molecule has 0 heterocycles. The van der Waals surface area contributed by atoms with Crippen molar-refractivity contribution in [3.63, 3.8) is 0 Å². The minimum Gasteiger partial charge on any atom is -0.492 e. The van der Waals surface area contributed by atoms with Crippen LogP contribution in [0.2, 0.25) is 0 Å². The molecular formula is C17H20FNO3S. The van der Waals surface area contributed by atoms with Gasteiger partial charge in [0.2, 0.25) is 10.0 Å². The van der Waals surface area contributed by atoms with Crippen molar-refractivity contribution in [2.75, 3.05) is 13.2 Å². The fourth-order valence-electron chi connectivity index (χ4n) is 2.21. The summed E-state index contributed by atoms with van der Waals surface area (Å²) in [6, 6.07) is 9.32. The van der Waals surface area contributed by atoms with Crippen LogP contribution in [-0.2, 0) is 10.0 Å². The summed E-state index contributed by atoms with van der Waals surface area (Å²) in [5.74, 6) is 0.280. The molecule has 0 saturated carbocycles. The Kier molecular flexibility index (Phi) is 5.38. The first-order valence-corrected chi connectivity index (χ1v) is 8.74.